The van der Waals surface area contributed by atoms with Crippen LogP contribution in [0.1, 0.15) is 20.8 Å². The molecule has 0 atom stereocenters. The standard InChI is InChI=1S/C11H21N3O4/c1-6-14(7-8(15)13(4)5)10(18)12-11(2,3)9(16)17/h6-7H2,1-5H3,(H,12,18)(H,16,17). The summed E-state index contributed by atoms with van der Waals surface area (Å²) in [6.45, 7) is 4.73. The molecule has 0 aliphatic carbocycles. The van der Waals surface area contributed by atoms with Crippen molar-refractivity contribution in [3.05, 3.63) is 0 Å². The van der Waals surface area contributed by atoms with Gasteiger partial charge in [0.1, 0.15) is 12.1 Å². The fourth-order valence-corrected chi connectivity index (χ4v) is 1.03. The summed E-state index contributed by atoms with van der Waals surface area (Å²) in [5.41, 5.74) is -1.37. The molecule has 0 unspecified atom stereocenters. The fraction of sp³-hybridized carbons (Fsp3) is 0.727. The summed E-state index contributed by atoms with van der Waals surface area (Å²) < 4.78 is 0. The summed E-state index contributed by atoms with van der Waals surface area (Å²) in [6, 6.07) is -0.569. The quantitative estimate of drug-likeness (QED) is 0.725. The number of nitrogens with zero attached hydrogens (tertiary/aromatic N) is 2. The van der Waals surface area contributed by atoms with Crippen molar-refractivity contribution in [2.24, 2.45) is 0 Å². The van der Waals surface area contributed by atoms with Crippen LogP contribution in [0.2, 0.25) is 0 Å². The Kier molecular flexibility index (Phi) is 5.61. The van der Waals surface area contributed by atoms with Gasteiger partial charge in [0.05, 0.1) is 0 Å². The first kappa shape index (κ1) is 16.2. The molecule has 0 aromatic heterocycles. The van der Waals surface area contributed by atoms with Crippen LogP contribution in [0.15, 0.2) is 0 Å². The van der Waals surface area contributed by atoms with Crippen LogP contribution in [-0.2, 0) is 9.59 Å². The predicted molar refractivity (Wildman–Crippen MR) is 66.2 cm³/mol. The lowest BCUT2D eigenvalue weighted by Gasteiger charge is -2.27. The molecule has 0 fully saturated rings. The highest BCUT2D eigenvalue weighted by atomic mass is 16.4. The number of amides is 3. The SMILES string of the molecule is CCN(CC(=O)N(C)C)C(=O)NC(C)(C)C(=O)O. The molecule has 0 aromatic carbocycles. The number of urea groups is 1. The van der Waals surface area contributed by atoms with Crippen molar-refractivity contribution in [2.75, 3.05) is 27.2 Å². The molecule has 2 N–H and O–H groups in total. The van der Waals surface area contributed by atoms with Crippen molar-refractivity contribution < 1.29 is 19.5 Å². The van der Waals surface area contributed by atoms with Gasteiger partial charge in [-0.3, -0.25) is 4.79 Å². The van der Waals surface area contributed by atoms with E-state index in [1.807, 2.05) is 0 Å². The maximum atomic E-state index is 11.8. The van der Waals surface area contributed by atoms with Gasteiger partial charge in [0, 0.05) is 20.6 Å². The van der Waals surface area contributed by atoms with E-state index in [9.17, 15) is 14.4 Å². The molecule has 104 valence electrons. The van der Waals surface area contributed by atoms with Crippen LogP contribution in [-0.4, -0.2) is 65.5 Å². The molecule has 0 bridgehead atoms. The maximum absolute atomic E-state index is 11.8. The molecule has 0 aliphatic rings. The van der Waals surface area contributed by atoms with E-state index in [1.54, 1.807) is 21.0 Å². The number of rotatable bonds is 5. The van der Waals surface area contributed by atoms with Gasteiger partial charge in [0.15, 0.2) is 0 Å². The maximum Gasteiger partial charge on any atom is 0.328 e. The third-order valence-electron chi connectivity index (χ3n) is 2.45. The molecule has 0 aliphatic heterocycles. The van der Waals surface area contributed by atoms with E-state index < -0.39 is 17.5 Å². The zero-order chi connectivity index (χ0) is 14.5. The van der Waals surface area contributed by atoms with Crippen molar-refractivity contribution >= 4 is 17.9 Å². The Morgan fingerprint density at radius 3 is 2.06 bits per heavy atom. The number of aliphatic carboxylic acids is 1. The Labute approximate surface area is 107 Å². The number of hydrogen-bond acceptors (Lipinski definition) is 3. The molecule has 7 heteroatoms. The molecule has 0 radical (unpaired) electrons. The molecule has 0 rings (SSSR count). The van der Waals surface area contributed by atoms with Gasteiger partial charge in [0.25, 0.3) is 0 Å². The molecule has 0 saturated carbocycles. The van der Waals surface area contributed by atoms with Crippen LogP contribution in [0.25, 0.3) is 0 Å². The van der Waals surface area contributed by atoms with Crippen LogP contribution in [0.5, 0.6) is 0 Å². The van der Waals surface area contributed by atoms with E-state index in [-0.39, 0.29) is 12.5 Å². The molecule has 0 heterocycles. The van der Waals surface area contributed by atoms with Crippen LogP contribution < -0.4 is 5.32 Å². The van der Waals surface area contributed by atoms with Gasteiger partial charge in [-0.05, 0) is 20.8 Å². The smallest absolute Gasteiger partial charge is 0.328 e. The van der Waals surface area contributed by atoms with E-state index in [1.165, 1.54) is 23.6 Å². The van der Waals surface area contributed by atoms with Crippen molar-refractivity contribution in [3.8, 4) is 0 Å². The van der Waals surface area contributed by atoms with Crippen LogP contribution in [0, 0.1) is 0 Å². The predicted octanol–water partition coefficient (Wildman–Crippen LogP) is -0.0307. The van der Waals surface area contributed by atoms with Crippen molar-refractivity contribution in [1.29, 1.82) is 0 Å². The molecular weight excluding hydrogens is 238 g/mol. The average molecular weight is 259 g/mol. The number of likely N-dealkylation sites (N-methyl/N-ethyl adjacent to an activating group) is 2. The van der Waals surface area contributed by atoms with Gasteiger partial charge in [-0.2, -0.15) is 0 Å². The van der Waals surface area contributed by atoms with Crippen molar-refractivity contribution in [3.63, 3.8) is 0 Å². The third-order valence-corrected chi connectivity index (χ3v) is 2.45. The minimum absolute atomic E-state index is 0.0783. The molecule has 7 nitrogen and oxygen atoms in total. The number of carboxylic acids is 1. The molecular formula is C11H21N3O4. The van der Waals surface area contributed by atoms with Gasteiger partial charge in [-0.25, -0.2) is 9.59 Å². The first-order chi connectivity index (χ1) is 8.11. The van der Waals surface area contributed by atoms with E-state index in [2.05, 4.69) is 5.32 Å². The van der Waals surface area contributed by atoms with Crippen molar-refractivity contribution in [2.45, 2.75) is 26.3 Å². The lowest BCUT2D eigenvalue weighted by Crippen LogP contribution is -2.55. The van der Waals surface area contributed by atoms with Crippen LogP contribution in [0.4, 0.5) is 4.79 Å². The first-order valence-electron chi connectivity index (χ1n) is 5.62. The molecule has 3 amide bonds. The lowest BCUT2D eigenvalue weighted by molar-refractivity contribution is -0.143. The second-order valence-electron chi connectivity index (χ2n) is 4.66. The fourth-order valence-electron chi connectivity index (χ4n) is 1.03. The summed E-state index contributed by atoms with van der Waals surface area (Å²) in [4.78, 5) is 36.9. The number of carboxylic acid groups (broad SMARTS) is 1. The number of hydrogen-bond donors (Lipinski definition) is 2. The molecule has 0 spiro atoms. The second kappa shape index (κ2) is 6.23. The number of carbonyl (C=O) groups excluding carboxylic acids is 2. The average Bonchev–Trinajstić information content (AvgIpc) is 2.24. The van der Waals surface area contributed by atoms with Gasteiger partial charge in [0.2, 0.25) is 5.91 Å². The summed E-state index contributed by atoms with van der Waals surface area (Å²) >= 11 is 0. The third kappa shape index (κ3) is 4.60. The minimum Gasteiger partial charge on any atom is -0.480 e. The normalized spacial score (nSPS) is 10.7. The highest BCUT2D eigenvalue weighted by molar-refractivity contribution is 5.88. The van der Waals surface area contributed by atoms with E-state index in [4.69, 9.17) is 5.11 Å². The van der Waals surface area contributed by atoms with Crippen LogP contribution >= 0.6 is 0 Å². The highest BCUT2D eigenvalue weighted by Crippen LogP contribution is 2.03. The van der Waals surface area contributed by atoms with Gasteiger partial charge in [-0.15, -0.1) is 0 Å². The van der Waals surface area contributed by atoms with Crippen molar-refractivity contribution in [1.82, 2.24) is 15.1 Å². The summed E-state index contributed by atoms with van der Waals surface area (Å²) in [6.07, 6.45) is 0. The number of carbonyl (C=O) groups is 3. The topological polar surface area (TPSA) is 90.0 Å². The Morgan fingerprint density at radius 1 is 1.22 bits per heavy atom. The van der Waals surface area contributed by atoms with E-state index in [0.29, 0.717) is 6.54 Å². The van der Waals surface area contributed by atoms with E-state index in [0.717, 1.165) is 0 Å². The molecule has 0 saturated heterocycles. The Morgan fingerprint density at radius 2 is 1.72 bits per heavy atom. The zero-order valence-electron chi connectivity index (χ0n) is 11.5. The second-order valence-corrected chi connectivity index (χ2v) is 4.66. The highest BCUT2D eigenvalue weighted by Gasteiger charge is 2.31. The van der Waals surface area contributed by atoms with E-state index >= 15 is 0 Å². The van der Waals surface area contributed by atoms with Crippen LogP contribution in [0.3, 0.4) is 0 Å². The zero-order valence-corrected chi connectivity index (χ0v) is 11.5. The first-order valence-corrected chi connectivity index (χ1v) is 5.62. The lowest BCUT2D eigenvalue weighted by atomic mass is 10.1. The largest absolute Gasteiger partial charge is 0.480 e. The summed E-state index contributed by atoms with van der Waals surface area (Å²) in [7, 11) is 3.19. The Bertz CT molecular complexity index is 339. The summed E-state index contributed by atoms with van der Waals surface area (Å²) in [5.74, 6) is -1.36. The Balaban J connectivity index is 4.64. The molecule has 18 heavy (non-hydrogen) atoms. The summed E-state index contributed by atoms with van der Waals surface area (Å²) in [5, 5.41) is 11.3. The number of nitrogens with one attached hydrogen (secondary N) is 1. The van der Waals surface area contributed by atoms with Gasteiger partial charge < -0.3 is 20.2 Å². The van der Waals surface area contributed by atoms with Gasteiger partial charge >= 0.3 is 12.0 Å². The molecule has 0 aromatic rings. The Hall–Kier alpha value is -1.79. The minimum atomic E-state index is -1.37. The monoisotopic (exact) mass is 259 g/mol. The van der Waals surface area contributed by atoms with Gasteiger partial charge in [-0.1, -0.05) is 0 Å².